The topological polar surface area (TPSA) is 173 Å². The Hall–Kier alpha value is -4.92. The van der Waals surface area contributed by atoms with Gasteiger partial charge in [0, 0.05) is 47.3 Å². The van der Waals surface area contributed by atoms with Crippen LogP contribution in [0.5, 0.6) is 11.5 Å². The van der Waals surface area contributed by atoms with Gasteiger partial charge in [0.1, 0.15) is 40.9 Å². The number of esters is 1. The minimum Gasteiger partial charge on any atom is -0.497 e. The van der Waals surface area contributed by atoms with Crippen LogP contribution < -0.4 is 30.7 Å². The van der Waals surface area contributed by atoms with Crippen LogP contribution in [0.25, 0.3) is 22.3 Å². The average Bonchev–Trinajstić information content (AvgIpc) is 3.83. The number of carbonyl (C=O) groups excluding carboxylic acids is 4. The first kappa shape index (κ1) is 40.3. The van der Waals surface area contributed by atoms with E-state index in [9.17, 15) is 19.2 Å². The molecular weight excluding hydrogens is 747 g/mol. The second-order valence-corrected chi connectivity index (χ2v) is 17.8. The summed E-state index contributed by atoms with van der Waals surface area (Å²) in [4.78, 5) is 66.6. The number of pyridine rings is 1. The van der Waals surface area contributed by atoms with Crippen molar-refractivity contribution in [1.82, 2.24) is 30.8 Å². The molecule has 3 aliphatic carbocycles. The lowest BCUT2D eigenvalue weighted by atomic mass is 9.85. The van der Waals surface area contributed by atoms with Crippen molar-refractivity contribution in [3.05, 3.63) is 42.3 Å². The molecule has 2 aromatic heterocycles. The van der Waals surface area contributed by atoms with Crippen molar-refractivity contribution in [1.29, 1.82) is 0 Å². The molecule has 4 aliphatic rings. The van der Waals surface area contributed by atoms with Crippen LogP contribution in [0.2, 0.25) is 0 Å². The van der Waals surface area contributed by atoms with E-state index in [0.717, 1.165) is 49.0 Å². The van der Waals surface area contributed by atoms with Crippen LogP contribution >= 0.6 is 11.3 Å². The number of aromatic nitrogens is 2. The van der Waals surface area contributed by atoms with E-state index in [-0.39, 0.29) is 24.9 Å². The van der Waals surface area contributed by atoms with Crippen LogP contribution in [-0.4, -0.2) is 95.3 Å². The summed E-state index contributed by atoms with van der Waals surface area (Å²) in [6, 6.07) is 5.44. The van der Waals surface area contributed by atoms with Gasteiger partial charge < -0.3 is 40.4 Å². The maximum Gasteiger partial charge on any atom is 0.332 e. The molecule has 4 fully saturated rings. The highest BCUT2D eigenvalue weighted by Gasteiger charge is 2.62. The van der Waals surface area contributed by atoms with Crippen LogP contribution in [0.4, 0.5) is 9.93 Å². The Morgan fingerprint density at radius 3 is 2.37 bits per heavy atom. The number of methoxy groups -OCH3 is 2. The number of rotatable bonds is 13. The van der Waals surface area contributed by atoms with Crippen LogP contribution in [0, 0.1) is 11.3 Å². The third-order valence-electron chi connectivity index (χ3n) is 11.8. The zero-order valence-corrected chi connectivity index (χ0v) is 34.3. The van der Waals surface area contributed by atoms with Gasteiger partial charge in [0.05, 0.1) is 32.0 Å². The molecule has 1 saturated heterocycles. The second kappa shape index (κ2) is 16.5. The van der Waals surface area contributed by atoms with Gasteiger partial charge >= 0.3 is 12.0 Å². The number of carbonyl (C=O) groups is 4. The van der Waals surface area contributed by atoms with Crippen molar-refractivity contribution >= 4 is 51.2 Å². The first-order valence-corrected chi connectivity index (χ1v) is 21.0. The van der Waals surface area contributed by atoms with E-state index in [1.165, 1.54) is 36.2 Å². The molecule has 15 heteroatoms. The number of ether oxygens (including phenoxy) is 3. The number of nitrogens with one attached hydrogen (secondary N) is 4. The number of hydrogen-bond acceptors (Lipinski definition) is 11. The Labute approximate surface area is 337 Å². The number of anilines is 1. The zero-order valence-electron chi connectivity index (χ0n) is 33.5. The van der Waals surface area contributed by atoms with Gasteiger partial charge in [-0.05, 0) is 49.7 Å². The molecule has 0 spiro atoms. The summed E-state index contributed by atoms with van der Waals surface area (Å²) in [7, 11) is 2.88. The number of benzene rings is 1. The van der Waals surface area contributed by atoms with Gasteiger partial charge in [-0.25, -0.2) is 19.6 Å². The summed E-state index contributed by atoms with van der Waals surface area (Å²) in [5, 5.41) is 16.0. The molecule has 3 aromatic rings. The Balaban J connectivity index is 1.19. The standard InChI is InChI=1S/C42H55N7O7S/c1-7-24-21-42(24,38(52)55-6)48-36(50)33-19-28(22-49(33)37(51)35(41(2,3)4)47-39(53)43-25-12-8-9-13-25)56-34-20-31(45-30-18-27(54-5)16-17-29(30)34)32-23-57-40(46-32)44-26-14-10-11-15-26/h7,16-18,20,23-26,28,33,35H,1,8-15,19,21-22H2,2-6H3,(H,44,46)(H,48,50)(H2,43,47,53)/t24-,28-,33+,35-,42-/m1/s1. The summed E-state index contributed by atoms with van der Waals surface area (Å²) in [6.07, 6.45) is 9.99. The predicted molar refractivity (Wildman–Crippen MR) is 218 cm³/mol. The lowest BCUT2D eigenvalue weighted by Crippen LogP contribution is -2.60. The summed E-state index contributed by atoms with van der Waals surface area (Å²) >= 11 is 1.53. The van der Waals surface area contributed by atoms with E-state index in [0.29, 0.717) is 40.9 Å². The van der Waals surface area contributed by atoms with Crippen molar-refractivity contribution in [3.63, 3.8) is 0 Å². The molecule has 0 bridgehead atoms. The molecule has 5 atom stereocenters. The molecule has 306 valence electrons. The summed E-state index contributed by atoms with van der Waals surface area (Å²) in [6.45, 7) is 9.51. The van der Waals surface area contributed by atoms with Crippen LogP contribution in [0.15, 0.2) is 42.3 Å². The fraction of sp³-hybridized carbons (Fsp3) is 0.571. The Morgan fingerprint density at radius 2 is 1.72 bits per heavy atom. The maximum atomic E-state index is 14.7. The molecule has 0 unspecified atom stereocenters. The largest absolute Gasteiger partial charge is 0.497 e. The number of nitrogens with zero attached hydrogens (tertiary/aromatic N) is 3. The normalized spacial score (nSPS) is 24.2. The van der Waals surface area contributed by atoms with Gasteiger partial charge in [-0.2, -0.15) is 0 Å². The van der Waals surface area contributed by atoms with Crippen molar-refractivity contribution in [2.24, 2.45) is 11.3 Å². The Bertz CT molecular complexity index is 2000. The van der Waals surface area contributed by atoms with Crippen LogP contribution in [-0.2, 0) is 19.1 Å². The molecule has 4 amide bonds. The Kier molecular flexibility index (Phi) is 11.7. The zero-order chi connectivity index (χ0) is 40.5. The number of thiazole rings is 1. The van der Waals surface area contributed by atoms with Crippen LogP contribution in [0.1, 0.15) is 85.0 Å². The molecule has 3 saturated carbocycles. The molecule has 14 nitrogen and oxygen atoms in total. The van der Waals surface area contributed by atoms with E-state index in [4.69, 9.17) is 24.2 Å². The fourth-order valence-electron chi connectivity index (χ4n) is 8.52. The molecule has 7 rings (SSSR count). The smallest absolute Gasteiger partial charge is 0.332 e. The lowest BCUT2D eigenvalue weighted by molar-refractivity contribution is -0.148. The van der Waals surface area contributed by atoms with Gasteiger partial charge in [0.2, 0.25) is 11.8 Å². The van der Waals surface area contributed by atoms with E-state index in [1.54, 1.807) is 13.2 Å². The van der Waals surface area contributed by atoms with Crippen molar-refractivity contribution in [2.45, 2.75) is 121 Å². The molecule has 4 N–H and O–H groups in total. The SMILES string of the molecule is C=C[C@@H]1C[C@]1(NC(=O)[C@@H]1C[C@@H](Oc2cc(-c3csc(NC4CCCC4)n3)nc3cc(OC)ccc23)CN1C(=O)[C@@H](NC(=O)NC1CCCC1)C(C)(C)C)C(=O)OC. The average molecular weight is 802 g/mol. The van der Waals surface area contributed by atoms with Gasteiger partial charge in [0.15, 0.2) is 5.13 Å². The lowest BCUT2D eigenvalue weighted by Gasteiger charge is -2.35. The fourth-order valence-corrected chi connectivity index (χ4v) is 9.30. The summed E-state index contributed by atoms with van der Waals surface area (Å²) < 4.78 is 17.4. The number of hydrogen-bond donors (Lipinski definition) is 4. The number of fused-ring (bicyclic) bond motifs is 1. The van der Waals surface area contributed by atoms with Gasteiger partial charge in [-0.3, -0.25) is 9.59 Å². The van der Waals surface area contributed by atoms with E-state index < -0.39 is 53.0 Å². The van der Waals surface area contributed by atoms with Crippen molar-refractivity contribution in [2.75, 3.05) is 26.1 Å². The summed E-state index contributed by atoms with van der Waals surface area (Å²) in [5.74, 6) is -0.680. The third kappa shape index (κ3) is 8.68. The minimum atomic E-state index is -1.27. The molecular formula is C42H55N7O7S. The summed E-state index contributed by atoms with van der Waals surface area (Å²) in [5.41, 5.74) is -0.0418. The number of likely N-dealkylation sites (tertiary alicyclic amines) is 1. The van der Waals surface area contributed by atoms with Gasteiger partial charge in [0.25, 0.3) is 0 Å². The predicted octanol–water partition coefficient (Wildman–Crippen LogP) is 5.96. The molecule has 57 heavy (non-hydrogen) atoms. The van der Waals surface area contributed by atoms with Crippen molar-refractivity contribution in [3.8, 4) is 22.9 Å². The molecule has 0 radical (unpaired) electrons. The molecule has 3 heterocycles. The van der Waals surface area contributed by atoms with Gasteiger partial charge in [-0.1, -0.05) is 52.5 Å². The quantitative estimate of drug-likeness (QED) is 0.119. The maximum absolute atomic E-state index is 14.7. The van der Waals surface area contributed by atoms with Crippen LogP contribution in [0.3, 0.4) is 0 Å². The van der Waals surface area contributed by atoms with Crippen molar-refractivity contribution < 1.29 is 33.4 Å². The van der Waals surface area contributed by atoms with E-state index in [2.05, 4.69) is 27.8 Å². The number of amides is 4. The first-order valence-electron chi connectivity index (χ1n) is 20.1. The highest BCUT2D eigenvalue weighted by molar-refractivity contribution is 7.14. The monoisotopic (exact) mass is 801 g/mol. The number of urea groups is 1. The Morgan fingerprint density at radius 1 is 1.00 bits per heavy atom. The van der Waals surface area contributed by atoms with E-state index >= 15 is 0 Å². The highest BCUT2D eigenvalue weighted by Crippen LogP contribution is 2.46. The second-order valence-electron chi connectivity index (χ2n) is 16.9. The first-order chi connectivity index (χ1) is 27.3. The third-order valence-corrected chi connectivity index (χ3v) is 12.6. The minimum absolute atomic E-state index is 0.0486. The van der Waals surface area contributed by atoms with E-state index in [1.807, 2.05) is 50.4 Å². The highest BCUT2D eigenvalue weighted by atomic mass is 32.1. The molecule has 1 aliphatic heterocycles. The molecule has 1 aromatic carbocycles. The van der Waals surface area contributed by atoms with Gasteiger partial charge in [-0.15, -0.1) is 17.9 Å².